The topological polar surface area (TPSA) is 53.0 Å². The number of allylic oxidation sites excluding steroid dienone is 1. The van der Waals surface area contributed by atoms with Gasteiger partial charge < -0.3 is 9.84 Å². The minimum absolute atomic E-state index is 0.0738. The van der Waals surface area contributed by atoms with Crippen LogP contribution in [-0.2, 0) is 4.74 Å². The van der Waals surface area contributed by atoms with E-state index in [4.69, 9.17) is 0 Å². The van der Waals surface area contributed by atoms with Crippen molar-refractivity contribution in [2.24, 2.45) is 0 Å². The van der Waals surface area contributed by atoms with Crippen LogP contribution in [0.15, 0.2) is 85.2 Å². The largest absolute Gasteiger partial charge is 0.573 e. The lowest BCUT2D eigenvalue weighted by Crippen LogP contribution is -2.48. The Morgan fingerprint density at radius 1 is 1.06 bits per heavy atom. The van der Waals surface area contributed by atoms with Gasteiger partial charge >= 0.3 is 12.4 Å². The van der Waals surface area contributed by atoms with Crippen LogP contribution >= 0.6 is 0 Å². The number of rotatable bonds is 6. The number of aliphatic hydroxyl groups is 1. The second-order valence-corrected chi connectivity index (χ2v) is 8.22. The summed E-state index contributed by atoms with van der Waals surface area (Å²) in [6.07, 6.45) is -1.59. The minimum atomic E-state index is -4.95. The van der Waals surface area contributed by atoms with Crippen molar-refractivity contribution in [3.8, 4) is 0 Å². The average Bonchev–Trinajstić information content (AvgIpc) is 3.04. The summed E-state index contributed by atoms with van der Waals surface area (Å²) < 4.78 is 41.7. The fourth-order valence-corrected chi connectivity index (χ4v) is 3.49. The maximum absolute atomic E-state index is 13.4. The maximum Gasteiger partial charge on any atom is 0.573 e. The van der Waals surface area contributed by atoms with Gasteiger partial charge in [0.1, 0.15) is 5.76 Å². The van der Waals surface area contributed by atoms with Crippen LogP contribution in [0.1, 0.15) is 31.4 Å². The van der Waals surface area contributed by atoms with Gasteiger partial charge in [0.2, 0.25) is 0 Å². The van der Waals surface area contributed by atoms with Crippen molar-refractivity contribution >= 4 is 17.4 Å². The number of hydrogen-bond acceptors (Lipinski definition) is 3. The van der Waals surface area contributed by atoms with Gasteiger partial charge in [0.05, 0.1) is 6.54 Å². The molecule has 8 heteroatoms. The fraction of sp³-hybridized carbons (Fsp3) is 0.296. The van der Waals surface area contributed by atoms with Crippen LogP contribution < -0.4 is 9.80 Å². The number of halogens is 3. The molecule has 1 saturated heterocycles. The van der Waals surface area contributed by atoms with Crippen molar-refractivity contribution in [2.75, 3.05) is 16.3 Å². The molecule has 1 aliphatic heterocycles. The lowest BCUT2D eigenvalue weighted by molar-refractivity contribution is -0.303. The monoisotopic (exact) mass is 488 g/mol. The molecule has 3 rings (SSSR count). The summed E-state index contributed by atoms with van der Waals surface area (Å²) in [4.78, 5) is 15.9. The molecule has 0 bridgehead atoms. The first-order valence-electron chi connectivity index (χ1n) is 11.1. The zero-order valence-electron chi connectivity index (χ0n) is 20.4. The zero-order valence-corrected chi connectivity index (χ0v) is 20.4. The van der Waals surface area contributed by atoms with Crippen molar-refractivity contribution in [1.82, 2.24) is 0 Å². The Hall–Kier alpha value is -3.52. The number of amides is 2. The number of aryl methyl sites for hydroxylation is 2. The van der Waals surface area contributed by atoms with Crippen molar-refractivity contribution in [3.63, 3.8) is 0 Å². The van der Waals surface area contributed by atoms with Crippen LogP contribution in [0, 0.1) is 13.8 Å². The Bertz CT molecular complexity index is 1080. The van der Waals surface area contributed by atoms with E-state index >= 15 is 0 Å². The molecule has 1 atom stereocenters. The third-order valence-electron chi connectivity index (χ3n) is 5.05. The lowest BCUT2D eigenvalue weighted by atomic mass is 10.00. The van der Waals surface area contributed by atoms with Crippen LogP contribution in [0.25, 0.3) is 0 Å². The molecular weight excluding hydrogens is 457 g/mol. The number of benzene rings is 2. The number of nitrogens with zero attached hydrogens (tertiary/aromatic N) is 2. The smallest absolute Gasteiger partial charge is 0.406 e. The quantitative estimate of drug-likeness (QED) is 0.351. The van der Waals surface area contributed by atoms with E-state index in [2.05, 4.69) is 31.7 Å². The van der Waals surface area contributed by atoms with Crippen LogP contribution in [0.5, 0.6) is 0 Å². The van der Waals surface area contributed by atoms with Gasteiger partial charge in [-0.3, -0.25) is 9.80 Å². The van der Waals surface area contributed by atoms with E-state index in [1.165, 1.54) is 17.4 Å². The zero-order chi connectivity index (χ0) is 26.4. The van der Waals surface area contributed by atoms with Gasteiger partial charge in [0.15, 0.2) is 5.72 Å². The highest BCUT2D eigenvalue weighted by molar-refractivity contribution is 6.08. The summed E-state index contributed by atoms with van der Waals surface area (Å²) in [5, 5.41) is 11.7. The Balaban J connectivity index is 0.00000137. The van der Waals surface area contributed by atoms with Crippen molar-refractivity contribution in [1.29, 1.82) is 0 Å². The molecule has 2 amide bonds. The third-order valence-corrected chi connectivity index (χ3v) is 5.05. The normalized spacial score (nSPS) is 18.2. The van der Waals surface area contributed by atoms with E-state index in [0.717, 1.165) is 22.1 Å². The second-order valence-electron chi connectivity index (χ2n) is 8.22. The summed E-state index contributed by atoms with van der Waals surface area (Å²) in [6, 6.07) is 13.4. The molecule has 1 aliphatic rings. The first-order chi connectivity index (χ1) is 16.4. The molecule has 1 heterocycles. The van der Waals surface area contributed by atoms with Gasteiger partial charge in [-0.05, 0) is 44.2 Å². The van der Waals surface area contributed by atoms with E-state index in [0.29, 0.717) is 11.4 Å². The Morgan fingerprint density at radius 3 is 1.94 bits per heavy atom. The molecule has 1 unspecified atom stereocenters. The number of ether oxygens (including phenoxy) is 1. The summed E-state index contributed by atoms with van der Waals surface area (Å²) >= 11 is 0. The Labute approximate surface area is 204 Å². The highest BCUT2D eigenvalue weighted by Gasteiger charge is 2.52. The van der Waals surface area contributed by atoms with Gasteiger partial charge in [-0.1, -0.05) is 74.9 Å². The van der Waals surface area contributed by atoms with Crippen LogP contribution in [0.3, 0.4) is 0 Å². The molecule has 1 fully saturated rings. The average molecular weight is 489 g/mol. The number of anilines is 2. The molecule has 5 nitrogen and oxygen atoms in total. The van der Waals surface area contributed by atoms with Gasteiger partial charge in [-0.25, -0.2) is 4.79 Å². The van der Waals surface area contributed by atoms with Gasteiger partial charge in [-0.15, -0.1) is 13.2 Å². The molecule has 1 N–H and O–H groups in total. The third kappa shape index (κ3) is 6.76. The summed E-state index contributed by atoms with van der Waals surface area (Å²) in [6.45, 7) is 14.6. The molecule has 0 radical (unpaired) electrons. The first-order valence-corrected chi connectivity index (χ1v) is 11.1. The number of β-amino-alcohol motifs (C(OH)–C–C–N with tert-alkyl or cyclic N) is 1. The van der Waals surface area contributed by atoms with E-state index in [9.17, 15) is 23.1 Å². The van der Waals surface area contributed by atoms with Gasteiger partial charge in [-0.2, -0.15) is 0 Å². The molecular formula is C27H31F3N2O3. The van der Waals surface area contributed by atoms with Crippen molar-refractivity contribution < 1.29 is 27.8 Å². The number of alkyl halides is 3. The van der Waals surface area contributed by atoms with E-state index < -0.39 is 23.9 Å². The molecule has 0 aromatic heterocycles. The lowest BCUT2D eigenvalue weighted by Gasteiger charge is -2.33. The summed E-state index contributed by atoms with van der Waals surface area (Å²) in [5.41, 5.74) is 0.714. The highest BCUT2D eigenvalue weighted by atomic mass is 19.4. The predicted octanol–water partition coefficient (Wildman–Crippen LogP) is 7.02. The van der Waals surface area contributed by atoms with Gasteiger partial charge in [0.25, 0.3) is 0 Å². The van der Waals surface area contributed by atoms with E-state index in [-0.39, 0.29) is 12.1 Å². The first kappa shape index (κ1) is 27.7. The second kappa shape index (κ2) is 11.3. The molecule has 2 aromatic rings. The Kier molecular flexibility index (Phi) is 8.93. The fourth-order valence-electron chi connectivity index (χ4n) is 3.49. The molecule has 0 aliphatic carbocycles. The number of carbonyl (C=O) groups excluding carboxylic acids is 1. The van der Waals surface area contributed by atoms with E-state index in [1.807, 2.05) is 26.0 Å². The van der Waals surface area contributed by atoms with Crippen molar-refractivity contribution in [2.45, 2.75) is 46.2 Å². The van der Waals surface area contributed by atoms with Crippen molar-refractivity contribution in [3.05, 3.63) is 96.3 Å². The Morgan fingerprint density at radius 2 is 1.51 bits per heavy atom. The van der Waals surface area contributed by atoms with Crippen LogP contribution in [-0.4, -0.2) is 29.8 Å². The maximum atomic E-state index is 13.4. The molecule has 0 saturated carbocycles. The summed E-state index contributed by atoms with van der Waals surface area (Å²) in [5.74, 6) is -0.745. The highest BCUT2D eigenvalue weighted by Crippen LogP contribution is 2.39. The number of hydrogen-bond donors (Lipinski definition) is 1. The van der Waals surface area contributed by atoms with Gasteiger partial charge in [0, 0.05) is 16.9 Å². The van der Waals surface area contributed by atoms with E-state index in [1.54, 1.807) is 36.4 Å². The number of urea groups is 1. The molecule has 35 heavy (non-hydrogen) atoms. The minimum Gasteiger partial charge on any atom is -0.406 e. The summed E-state index contributed by atoms with van der Waals surface area (Å²) in [7, 11) is 0. The molecule has 188 valence electrons. The predicted molar refractivity (Wildman–Crippen MR) is 133 cm³/mol. The molecule has 2 aromatic carbocycles. The van der Waals surface area contributed by atoms with Crippen LogP contribution in [0.2, 0.25) is 0 Å². The number of carbonyl (C=O) groups is 1. The standard InChI is InChI=1S/C24H23F3N2O3.C3H8/c1-5-19(14-18(4)32-24(25,26)27)23(31)15-28(20-10-6-16(2)7-11-20)22(30)29(23)21-12-8-17(3)9-13-21;1-3-2/h5-14,31H,1,4,15H2,2-3H3;3H2,1-2H3/b19-14+;. The molecule has 0 spiro atoms. The van der Waals surface area contributed by atoms with Crippen LogP contribution in [0.4, 0.5) is 29.3 Å². The SMILES string of the molecule is C=C/C(=C\C(=C)OC(F)(F)F)C1(O)CN(c2ccc(C)cc2)C(=O)N1c1ccc(C)cc1.CCC.